The van der Waals surface area contributed by atoms with Crippen molar-refractivity contribution >= 4 is 5.69 Å². The van der Waals surface area contributed by atoms with Crippen molar-refractivity contribution in [1.29, 1.82) is 0 Å². The Labute approximate surface area is 186 Å². The zero-order chi connectivity index (χ0) is 21.6. The number of piperidine rings is 1. The Bertz CT molecular complexity index is 834. The van der Waals surface area contributed by atoms with E-state index in [0.29, 0.717) is 24.1 Å². The van der Waals surface area contributed by atoms with Gasteiger partial charge in [0, 0.05) is 56.6 Å². The Balaban J connectivity index is 1.31. The Hall–Kier alpha value is -2.44. The number of aromatic hydroxyl groups is 1. The summed E-state index contributed by atoms with van der Waals surface area (Å²) in [6, 6.07) is 14.8. The van der Waals surface area contributed by atoms with Crippen molar-refractivity contribution in [2.75, 3.05) is 57.9 Å². The van der Waals surface area contributed by atoms with E-state index in [-0.39, 0.29) is 0 Å². The number of nitrogens with zero attached hydrogens (tertiary/aromatic N) is 3. The lowest BCUT2D eigenvalue weighted by Crippen LogP contribution is -2.55. The molecule has 0 aromatic heterocycles. The molecule has 2 heterocycles. The maximum atomic E-state index is 10.6. The summed E-state index contributed by atoms with van der Waals surface area (Å²) in [5.74, 6) is 1.78. The molecule has 0 radical (unpaired) electrons. The molecule has 2 aliphatic rings. The molecule has 2 aromatic carbocycles. The number of anilines is 1. The van der Waals surface area contributed by atoms with Crippen molar-refractivity contribution in [3.63, 3.8) is 0 Å². The van der Waals surface area contributed by atoms with Crippen LogP contribution in [0, 0.1) is 0 Å². The Kier molecular flexibility index (Phi) is 7.20. The molecule has 2 saturated heterocycles. The van der Waals surface area contributed by atoms with Gasteiger partial charge in [-0.15, -0.1) is 0 Å². The largest absolute Gasteiger partial charge is 0.504 e. The summed E-state index contributed by atoms with van der Waals surface area (Å²) in [7, 11) is 1.71. The Morgan fingerprint density at radius 2 is 1.77 bits per heavy atom. The van der Waals surface area contributed by atoms with Gasteiger partial charge in [0.05, 0.1) is 13.7 Å². The smallest absolute Gasteiger partial charge is 0.162 e. The molecule has 4 rings (SSSR count). The number of likely N-dealkylation sites (tertiary alicyclic amines) is 1. The number of rotatable bonds is 7. The van der Waals surface area contributed by atoms with Crippen LogP contribution in [0.4, 0.5) is 5.69 Å². The van der Waals surface area contributed by atoms with Crippen LogP contribution in [0.15, 0.2) is 42.5 Å². The van der Waals surface area contributed by atoms with Crippen LogP contribution in [-0.4, -0.2) is 73.9 Å². The number of hydrogen-bond donors (Lipinski definition) is 1. The van der Waals surface area contributed by atoms with Gasteiger partial charge in [-0.2, -0.15) is 0 Å². The lowest BCUT2D eigenvalue weighted by molar-refractivity contribution is 0.0882. The Morgan fingerprint density at radius 3 is 2.48 bits per heavy atom. The van der Waals surface area contributed by atoms with E-state index in [4.69, 9.17) is 9.47 Å². The maximum Gasteiger partial charge on any atom is 0.162 e. The number of para-hydroxylation sites is 1. The molecule has 2 fully saturated rings. The number of phenolic OH excluding ortho intramolecular Hbond substituents is 1. The van der Waals surface area contributed by atoms with Crippen LogP contribution in [-0.2, 0) is 6.54 Å². The number of methoxy groups -OCH3 is 1. The molecule has 31 heavy (non-hydrogen) atoms. The van der Waals surface area contributed by atoms with Gasteiger partial charge in [-0.1, -0.05) is 12.1 Å². The lowest BCUT2D eigenvalue weighted by Gasteiger charge is -2.44. The van der Waals surface area contributed by atoms with Crippen LogP contribution in [0.3, 0.4) is 0 Å². The van der Waals surface area contributed by atoms with Crippen LogP contribution in [0.5, 0.6) is 17.2 Å². The maximum absolute atomic E-state index is 10.6. The fourth-order valence-corrected chi connectivity index (χ4v) is 4.82. The second kappa shape index (κ2) is 10.2. The first-order valence-corrected chi connectivity index (χ1v) is 11.5. The van der Waals surface area contributed by atoms with Crippen molar-refractivity contribution in [3.05, 3.63) is 48.0 Å². The molecule has 2 aromatic rings. The van der Waals surface area contributed by atoms with Crippen LogP contribution >= 0.6 is 0 Å². The highest BCUT2D eigenvalue weighted by Crippen LogP contribution is 2.31. The number of phenols is 1. The molecule has 0 unspecified atom stereocenters. The van der Waals surface area contributed by atoms with Crippen LogP contribution in [0.1, 0.15) is 25.3 Å². The van der Waals surface area contributed by atoms with Gasteiger partial charge in [0.2, 0.25) is 0 Å². The van der Waals surface area contributed by atoms with Gasteiger partial charge in [0.25, 0.3) is 0 Å². The fourth-order valence-electron chi connectivity index (χ4n) is 4.82. The second-order valence-corrected chi connectivity index (χ2v) is 8.45. The minimum Gasteiger partial charge on any atom is -0.504 e. The second-order valence-electron chi connectivity index (χ2n) is 8.45. The molecule has 1 N–H and O–H groups in total. The van der Waals surface area contributed by atoms with E-state index >= 15 is 0 Å². The summed E-state index contributed by atoms with van der Waals surface area (Å²) >= 11 is 0. The molecule has 0 spiro atoms. The highest BCUT2D eigenvalue weighted by Gasteiger charge is 2.28. The average Bonchev–Trinajstić information content (AvgIpc) is 2.82. The van der Waals surface area contributed by atoms with Crippen molar-refractivity contribution in [3.8, 4) is 17.2 Å². The summed E-state index contributed by atoms with van der Waals surface area (Å²) in [4.78, 5) is 7.60. The molecule has 0 aliphatic carbocycles. The highest BCUT2D eigenvalue weighted by molar-refractivity contribution is 5.49. The van der Waals surface area contributed by atoms with Gasteiger partial charge in [-0.3, -0.25) is 9.80 Å². The molecular weight excluding hydrogens is 390 g/mol. The van der Waals surface area contributed by atoms with Crippen molar-refractivity contribution in [2.45, 2.75) is 32.4 Å². The van der Waals surface area contributed by atoms with Crippen LogP contribution in [0.2, 0.25) is 0 Å². The molecule has 0 saturated carbocycles. The van der Waals surface area contributed by atoms with Crippen molar-refractivity contribution < 1.29 is 14.6 Å². The van der Waals surface area contributed by atoms with E-state index in [1.165, 1.54) is 18.5 Å². The fraction of sp³-hybridized carbons (Fsp3) is 0.520. The van der Waals surface area contributed by atoms with Crippen molar-refractivity contribution in [2.24, 2.45) is 0 Å². The van der Waals surface area contributed by atoms with E-state index in [1.54, 1.807) is 7.11 Å². The molecule has 6 nitrogen and oxygen atoms in total. The topological polar surface area (TPSA) is 48.4 Å². The van der Waals surface area contributed by atoms with E-state index < -0.39 is 0 Å². The van der Waals surface area contributed by atoms with Crippen molar-refractivity contribution in [1.82, 2.24) is 9.80 Å². The molecular formula is C25H35N3O3. The normalized spacial score (nSPS) is 20.6. The number of benzene rings is 2. The van der Waals surface area contributed by atoms with Gasteiger partial charge in [-0.25, -0.2) is 0 Å². The minimum atomic E-state index is 0.291. The summed E-state index contributed by atoms with van der Waals surface area (Å²) in [5, 5.41) is 10.6. The zero-order valence-corrected chi connectivity index (χ0v) is 18.8. The first-order valence-electron chi connectivity index (χ1n) is 11.5. The van der Waals surface area contributed by atoms with E-state index in [9.17, 15) is 5.11 Å². The molecule has 0 bridgehead atoms. The van der Waals surface area contributed by atoms with Gasteiger partial charge < -0.3 is 19.5 Å². The van der Waals surface area contributed by atoms with E-state index in [0.717, 1.165) is 57.1 Å². The third kappa shape index (κ3) is 5.25. The average molecular weight is 426 g/mol. The quantitative estimate of drug-likeness (QED) is 0.732. The van der Waals surface area contributed by atoms with Gasteiger partial charge in [0.15, 0.2) is 11.5 Å². The standard InChI is InChI=1S/C25H35N3O3/c1-3-31-24-8-4-6-20(25(24)29)18-26-13-5-7-22(19-26)28-16-14-27(15-17-28)21-9-11-23(30-2)12-10-21/h4,6,8-12,22,29H,3,5,7,13-19H2,1-2H3/t22-/m1/s1. The predicted octanol–water partition coefficient (Wildman–Crippen LogP) is 3.59. The van der Waals surface area contributed by atoms with Crippen LogP contribution in [0.25, 0.3) is 0 Å². The number of hydrogen-bond acceptors (Lipinski definition) is 6. The summed E-state index contributed by atoms with van der Waals surface area (Å²) in [6.45, 7) is 9.71. The number of ether oxygens (including phenoxy) is 2. The molecule has 168 valence electrons. The molecule has 0 amide bonds. The molecule has 2 aliphatic heterocycles. The minimum absolute atomic E-state index is 0.291. The summed E-state index contributed by atoms with van der Waals surface area (Å²) in [6.07, 6.45) is 2.46. The zero-order valence-electron chi connectivity index (χ0n) is 18.8. The number of piperazine rings is 1. The highest BCUT2D eigenvalue weighted by atomic mass is 16.5. The van der Waals surface area contributed by atoms with Crippen LogP contribution < -0.4 is 14.4 Å². The third-order valence-corrected chi connectivity index (χ3v) is 6.53. The molecule has 6 heteroatoms. The Morgan fingerprint density at radius 1 is 1.00 bits per heavy atom. The lowest BCUT2D eigenvalue weighted by atomic mass is 10.0. The monoisotopic (exact) mass is 425 g/mol. The SMILES string of the molecule is CCOc1cccc(CN2CCC[C@@H](N3CCN(c4ccc(OC)cc4)CC3)C2)c1O. The first-order chi connectivity index (χ1) is 15.2. The first kappa shape index (κ1) is 21.8. The summed E-state index contributed by atoms with van der Waals surface area (Å²) in [5.41, 5.74) is 2.23. The predicted molar refractivity (Wildman–Crippen MR) is 124 cm³/mol. The summed E-state index contributed by atoms with van der Waals surface area (Å²) < 4.78 is 10.8. The van der Waals surface area contributed by atoms with E-state index in [1.807, 2.05) is 37.3 Å². The van der Waals surface area contributed by atoms with Gasteiger partial charge in [-0.05, 0) is 56.6 Å². The molecule has 1 atom stereocenters. The van der Waals surface area contributed by atoms with E-state index in [2.05, 4.69) is 26.8 Å². The third-order valence-electron chi connectivity index (χ3n) is 6.53. The van der Waals surface area contributed by atoms with Gasteiger partial charge >= 0.3 is 0 Å². The van der Waals surface area contributed by atoms with Gasteiger partial charge in [0.1, 0.15) is 5.75 Å².